The monoisotopic (exact) mass is 462 g/mol. The predicted octanol–water partition coefficient (Wildman–Crippen LogP) is 5.74. The molecule has 0 aliphatic carbocycles. The van der Waals surface area contributed by atoms with E-state index >= 15 is 0 Å². The average molecular weight is 463 g/mol. The van der Waals surface area contributed by atoms with Gasteiger partial charge < -0.3 is 15.0 Å². The van der Waals surface area contributed by atoms with E-state index in [2.05, 4.69) is 48.6 Å². The summed E-state index contributed by atoms with van der Waals surface area (Å²) in [4.78, 5) is 14.9. The van der Waals surface area contributed by atoms with Gasteiger partial charge in [-0.3, -0.25) is 4.79 Å². The van der Waals surface area contributed by atoms with E-state index in [1.165, 1.54) is 5.56 Å². The van der Waals surface area contributed by atoms with Gasteiger partial charge in [0.25, 0.3) is 5.91 Å². The minimum atomic E-state index is -0.00602. The van der Waals surface area contributed by atoms with Crippen LogP contribution in [0, 0.1) is 0 Å². The molecular formula is C28H34N2O2S. The molecule has 4 nitrogen and oxygen atoms in total. The van der Waals surface area contributed by atoms with Crippen molar-refractivity contribution in [3.63, 3.8) is 0 Å². The maximum Gasteiger partial charge on any atom is 0.251 e. The van der Waals surface area contributed by atoms with Gasteiger partial charge in [-0.15, -0.1) is 0 Å². The molecule has 3 aromatic carbocycles. The molecule has 1 amide bonds. The summed E-state index contributed by atoms with van der Waals surface area (Å²) in [6.07, 6.45) is 2.06. The predicted molar refractivity (Wildman–Crippen MR) is 140 cm³/mol. The van der Waals surface area contributed by atoms with Crippen LogP contribution < -0.4 is 10.1 Å². The van der Waals surface area contributed by atoms with Crippen LogP contribution >= 0.6 is 11.8 Å². The Labute approximate surface area is 202 Å². The highest BCUT2D eigenvalue weighted by Gasteiger charge is 2.12. The second-order valence-corrected chi connectivity index (χ2v) is 9.33. The molecule has 0 aliphatic heterocycles. The number of carbonyl (C=O) groups excluding carboxylic acids is 1. The third-order valence-corrected chi connectivity index (χ3v) is 6.26. The molecule has 0 aliphatic rings. The van der Waals surface area contributed by atoms with Crippen molar-refractivity contribution in [2.75, 3.05) is 39.5 Å². The van der Waals surface area contributed by atoms with Crippen molar-refractivity contribution in [2.24, 2.45) is 0 Å². The van der Waals surface area contributed by atoms with E-state index in [9.17, 15) is 4.79 Å². The molecule has 1 N–H and O–H groups in total. The molecule has 0 spiro atoms. The molecule has 33 heavy (non-hydrogen) atoms. The van der Waals surface area contributed by atoms with Gasteiger partial charge >= 0.3 is 0 Å². The molecule has 0 aromatic heterocycles. The highest BCUT2D eigenvalue weighted by Crippen LogP contribution is 2.25. The normalized spacial score (nSPS) is 10.9. The maximum absolute atomic E-state index is 12.8. The Balaban J connectivity index is 1.48. The number of nitrogens with one attached hydrogen (secondary N) is 1. The molecule has 0 atom stereocenters. The number of hydrogen-bond acceptors (Lipinski definition) is 4. The molecule has 0 saturated carbocycles. The van der Waals surface area contributed by atoms with Crippen LogP contribution in [0.1, 0.15) is 28.8 Å². The third kappa shape index (κ3) is 8.60. The summed E-state index contributed by atoms with van der Waals surface area (Å²) in [5.41, 5.74) is 4.03. The fourth-order valence-electron chi connectivity index (χ4n) is 3.49. The Morgan fingerprint density at radius 3 is 2.39 bits per heavy atom. The summed E-state index contributed by atoms with van der Waals surface area (Å²) in [7, 11) is 4.14. The fourth-order valence-corrected chi connectivity index (χ4v) is 4.26. The summed E-state index contributed by atoms with van der Waals surface area (Å²) in [6.45, 7) is 2.44. The second kappa shape index (κ2) is 13.7. The lowest BCUT2D eigenvalue weighted by atomic mass is 9.98. The minimum Gasteiger partial charge on any atom is -0.493 e. The van der Waals surface area contributed by atoms with Gasteiger partial charge in [0.1, 0.15) is 5.75 Å². The molecule has 0 bridgehead atoms. The Morgan fingerprint density at radius 1 is 0.909 bits per heavy atom. The number of para-hydroxylation sites is 1. The van der Waals surface area contributed by atoms with Crippen molar-refractivity contribution in [1.29, 1.82) is 0 Å². The van der Waals surface area contributed by atoms with E-state index in [4.69, 9.17) is 4.74 Å². The summed E-state index contributed by atoms with van der Waals surface area (Å²) in [6, 6.07) is 26.3. The topological polar surface area (TPSA) is 41.6 Å². The van der Waals surface area contributed by atoms with Crippen molar-refractivity contribution in [3.8, 4) is 16.9 Å². The fraction of sp³-hybridized carbons (Fsp3) is 0.321. The lowest BCUT2D eigenvalue weighted by molar-refractivity contribution is 0.0953. The number of benzene rings is 3. The van der Waals surface area contributed by atoms with Gasteiger partial charge in [-0.2, -0.15) is 11.8 Å². The van der Waals surface area contributed by atoms with Crippen LogP contribution in [0.15, 0.2) is 78.9 Å². The number of thioether (sulfide) groups is 1. The molecule has 3 rings (SSSR count). The number of amides is 1. The van der Waals surface area contributed by atoms with E-state index in [-0.39, 0.29) is 5.91 Å². The van der Waals surface area contributed by atoms with E-state index in [1.54, 1.807) is 0 Å². The highest BCUT2D eigenvalue weighted by molar-refractivity contribution is 7.98. The molecule has 0 heterocycles. The first-order valence-electron chi connectivity index (χ1n) is 11.5. The van der Waals surface area contributed by atoms with Crippen molar-refractivity contribution in [1.82, 2.24) is 10.2 Å². The molecule has 0 saturated heterocycles. The van der Waals surface area contributed by atoms with Crippen LogP contribution in [-0.4, -0.2) is 50.4 Å². The lowest BCUT2D eigenvalue weighted by Crippen LogP contribution is -2.25. The molecular weight excluding hydrogens is 428 g/mol. The van der Waals surface area contributed by atoms with Gasteiger partial charge in [0.05, 0.1) is 6.61 Å². The first-order valence-corrected chi connectivity index (χ1v) is 12.7. The third-order valence-electron chi connectivity index (χ3n) is 5.26. The Bertz CT molecular complexity index is 975. The van der Waals surface area contributed by atoms with Gasteiger partial charge in [-0.1, -0.05) is 60.7 Å². The van der Waals surface area contributed by atoms with E-state index < -0.39 is 0 Å². The molecule has 0 radical (unpaired) electrons. The summed E-state index contributed by atoms with van der Waals surface area (Å²) in [5, 5.41) is 3.07. The zero-order valence-electron chi connectivity index (χ0n) is 19.6. The van der Waals surface area contributed by atoms with Gasteiger partial charge in [-0.25, -0.2) is 0 Å². The first kappa shape index (κ1) is 24.9. The lowest BCUT2D eigenvalue weighted by Gasteiger charge is -2.12. The highest BCUT2D eigenvalue weighted by atomic mass is 32.2. The first-order chi connectivity index (χ1) is 16.1. The average Bonchev–Trinajstić information content (AvgIpc) is 2.84. The summed E-state index contributed by atoms with van der Waals surface area (Å²) < 4.78 is 5.75. The van der Waals surface area contributed by atoms with Gasteiger partial charge in [0.2, 0.25) is 0 Å². The molecule has 3 aromatic rings. The van der Waals surface area contributed by atoms with Gasteiger partial charge in [0.15, 0.2) is 0 Å². The second-order valence-electron chi connectivity index (χ2n) is 8.22. The van der Waals surface area contributed by atoms with E-state index in [0.717, 1.165) is 53.3 Å². The van der Waals surface area contributed by atoms with Crippen molar-refractivity contribution < 1.29 is 9.53 Å². The quantitative estimate of drug-likeness (QED) is 0.329. The van der Waals surface area contributed by atoms with Crippen LogP contribution in [0.2, 0.25) is 0 Å². The number of hydrogen-bond donors (Lipinski definition) is 1. The van der Waals surface area contributed by atoms with E-state index in [1.807, 2.05) is 66.4 Å². The number of carbonyl (C=O) groups is 1. The Kier molecular flexibility index (Phi) is 10.3. The van der Waals surface area contributed by atoms with Crippen LogP contribution in [0.5, 0.6) is 5.75 Å². The smallest absolute Gasteiger partial charge is 0.251 e. The van der Waals surface area contributed by atoms with Crippen LogP contribution in [-0.2, 0) is 5.75 Å². The number of rotatable bonds is 13. The van der Waals surface area contributed by atoms with Crippen molar-refractivity contribution >= 4 is 17.7 Å². The summed E-state index contributed by atoms with van der Waals surface area (Å²) in [5.74, 6) is 2.79. The number of unbranched alkanes of at least 4 members (excludes halogenated alkanes) is 1. The summed E-state index contributed by atoms with van der Waals surface area (Å²) >= 11 is 1.86. The molecule has 5 heteroatoms. The standard InChI is InChI=1S/C28H34N2O2S/c1-30(2)19-9-8-18-29-28(31)27-13-7-6-12-26(27)24-16-14-23(15-17-24)22-33-21-20-32-25-10-4-3-5-11-25/h3-7,10-17H,8-9,18-22H2,1-2H3,(H,29,31). The van der Waals surface area contributed by atoms with Crippen LogP contribution in [0.25, 0.3) is 11.1 Å². The number of nitrogens with zero attached hydrogens (tertiary/aromatic N) is 1. The molecule has 174 valence electrons. The van der Waals surface area contributed by atoms with E-state index in [0.29, 0.717) is 13.2 Å². The van der Waals surface area contributed by atoms with Crippen LogP contribution in [0.4, 0.5) is 0 Å². The minimum absolute atomic E-state index is 0.00602. The van der Waals surface area contributed by atoms with Gasteiger partial charge in [0, 0.05) is 23.6 Å². The Hall–Kier alpha value is -2.76. The SMILES string of the molecule is CN(C)CCCCNC(=O)c1ccccc1-c1ccc(CSCCOc2ccccc2)cc1. The number of ether oxygens (including phenoxy) is 1. The zero-order chi connectivity index (χ0) is 23.3. The molecule has 0 unspecified atom stereocenters. The van der Waals surface area contributed by atoms with Crippen molar-refractivity contribution in [2.45, 2.75) is 18.6 Å². The van der Waals surface area contributed by atoms with Crippen molar-refractivity contribution in [3.05, 3.63) is 90.0 Å². The van der Waals surface area contributed by atoms with Gasteiger partial charge in [-0.05, 0) is 68.4 Å². The molecule has 0 fully saturated rings. The van der Waals surface area contributed by atoms with Crippen LogP contribution in [0.3, 0.4) is 0 Å². The largest absolute Gasteiger partial charge is 0.493 e. The maximum atomic E-state index is 12.8. The zero-order valence-corrected chi connectivity index (χ0v) is 20.4. The Morgan fingerprint density at radius 2 is 1.64 bits per heavy atom.